The molecule has 0 unspecified atom stereocenters. The van der Waals surface area contributed by atoms with Crippen molar-refractivity contribution in [3.05, 3.63) is 212 Å². The molecule has 0 saturated carbocycles. The third kappa shape index (κ3) is 5.36. The lowest BCUT2D eigenvalue weighted by Gasteiger charge is -2.26. The summed E-state index contributed by atoms with van der Waals surface area (Å²) in [6, 6.07) is 75.5. The van der Waals surface area contributed by atoms with Crippen LogP contribution in [0.4, 0.5) is 17.1 Å². The minimum atomic E-state index is 0.857. The van der Waals surface area contributed by atoms with E-state index < -0.39 is 0 Å². The molecule has 0 aliphatic rings. The van der Waals surface area contributed by atoms with Crippen molar-refractivity contribution in [2.45, 2.75) is 0 Å². The van der Waals surface area contributed by atoms with E-state index in [1.54, 1.807) is 0 Å². The standard InChI is InChI=1S/C56H35NO2/c1-2-13-36(14-3-1)37-27-31-40(32-28-37)57(52-25-12-24-48-45-19-8-9-26-53(45)58-56(48)52)41-33-29-39(30-34-41)50-35-51-49-23-11-22-47(43-21-10-16-38-15-4-5-17-42(38)43)54(49)59-55(51)46-20-7-6-18-44(46)50/h1-35H. The molecule has 0 saturated heterocycles. The second-order valence-corrected chi connectivity index (χ2v) is 15.2. The van der Waals surface area contributed by atoms with Gasteiger partial charge in [-0.2, -0.15) is 0 Å². The van der Waals surface area contributed by atoms with E-state index in [4.69, 9.17) is 8.83 Å². The van der Waals surface area contributed by atoms with Crippen LogP contribution in [0.3, 0.4) is 0 Å². The molecule has 0 amide bonds. The van der Waals surface area contributed by atoms with E-state index in [0.717, 1.165) is 88.4 Å². The first kappa shape index (κ1) is 33.3. The minimum absolute atomic E-state index is 0.857. The summed E-state index contributed by atoms with van der Waals surface area (Å²) in [5.41, 5.74) is 13.5. The number of furan rings is 2. The normalized spacial score (nSPS) is 11.7. The zero-order chi connectivity index (χ0) is 38.9. The average molecular weight is 754 g/mol. The van der Waals surface area contributed by atoms with E-state index in [9.17, 15) is 0 Å². The fraction of sp³-hybridized carbons (Fsp3) is 0. The Hall–Kier alpha value is -7.88. The molecule has 2 heterocycles. The SMILES string of the molecule is c1ccc(-c2ccc(N(c3ccc(-c4cc5c6cccc(-c7cccc8ccccc78)c6oc5c5ccccc45)cc3)c3cccc4c3oc3ccccc34)cc2)cc1. The van der Waals surface area contributed by atoms with Gasteiger partial charge in [0.1, 0.15) is 16.7 Å². The van der Waals surface area contributed by atoms with E-state index in [-0.39, 0.29) is 0 Å². The van der Waals surface area contributed by atoms with Crippen molar-refractivity contribution >= 4 is 82.5 Å². The molecule has 0 atom stereocenters. The van der Waals surface area contributed by atoms with Gasteiger partial charge < -0.3 is 13.7 Å². The molecule has 0 radical (unpaired) electrons. The molecule has 0 spiro atoms. The quantitative estimate of drug-likeness (QED) is 0.169. The number of benzene rings is 10. The average Bonchev–Trinajstić information content (AvgIpc) is 3.89. The van der Waals surface area contributed by atoms with Crippen LogP contribution in [-0.2, 0) is 0 Å². The predicted octanol–water partition coefficient (Wildman–Crippen LogP) is 16.3. The number of hydrogen-bond acceptors (Lipinski definition) is 3. The minimum Gasteiger partial charge on any atom is -0.455 e. The van der Waals surface area contributed by atoms with Gasteiger partial charge in [0.25, 0.3) is 0 Å². The van der Waals surface area contributed by atoms with Gasteiger partial charge >= 0.3 is 0 Å². The highest BCUT2D eigenvalue weighted by Crippen LogP contribution is 2.46. The topological polar surface area (TPSA) is 29.5 Å². The largest absolute Gasteiger partial charge is 0.455 e. The molecule has 3 nitrogen and oxygen atoms in total. The molecule has 3 heteroatoms. The molecule has 12 rings (SSSR count). The summed E-state index contributed by atoms with van der Waals surface area (Å²) < 4.78 is 13.5. The van der Waals surface area contributed by atoms with Crippen molar-refractivity contribution < 1.29 is 8.83 Å². The van der Waals surface area contributed by atoms with Gasteiger partial charge in [0, 0.05) is 43.9 Å². The smallest absolute Gasteiger partial charge is 0.159 e. The highest BCUT2D eigenvalue weighted by Gasteiger charge is 2.21. The van der Waals surface area contributed by atoms with Crippen LogP contribution in [0.15, 0.2) is 221 Å². The van der Waals surface area contributed by atoms with Crippen LogP contribution in [-0.4, -0.2) is 0 Å². The van der Waals surface area contributed by atoms with Crippen molar-refractivity contribution in [3.63, 3.8) is 0 Å². The van der Waals surface area contributed by atoms with Gasteiger partial charge in [0.2, 0.25) is 0 Å². The van der Waals surface area contributed by atoms with Crippen molar-refractivity contribution in [2.75, 3.05) is 4.90 Å². The second kappa shape index (κ2) is 13.4. The first-order valence-corrected chi connectivity index (χ1v) is 20.1. The molecule has 0 N–H and O–H groups in total. The Morgan fingerprint density at radius 1 is 0.288 bits per heavy atom. The summed E-state index contributed by atoms with van der Waals surface area (Å²) in [5, 5.41) is 9.10. The summed E-state index contributed by atoms with van der Waals surface area (Å²) >= 11 is 0. The molecular formula is C56H35NO2. The Bertz CT molecular complexity index is 3540. The van der Waals surface area contributed by atoms with Gasteiger partial charge in [-0.25, -0.2) is 0 Å². The number of nitrogens with zero attached hydrogens (tertiary/aromatic N) is 1. The Balaban J connectivity index is 1.02. The van der Waals surface area contributed by atoms with Crippen molar-refractivity contribution in [1.82, 2.24) is 0 Å². The molecule has 0 fully saturated rings. The maximum Gasteiger partial charge on any atom is 0.159 e. The van der Waals surface area contributed by atoms with Crippen LogP contribution in [0.5, 0.6) is 0 Å². The summed E-state index contributed by atoms with van der Waals surface area (Å²) in [4.78, 5) is 2.31. The summed E-state index contributed by atoms with van der Waals surface area (Å²) in [5.74, 6) is 0. The lowest BCUT2D eigenvalue weighted by atomic mass is 9.94. The zero-order valence-corrected chi connectivity index (χ0v) is 32.0. The second-order valence-electron chi connectivity index (χ2n) is 15.2. The van der Waals surface area contributed by atoms with E-state index in [2.05, 4.69) is 205 Å². The van der Waals surface area contributed by atoms with Crippen LogP contribution in [0, 0.1) is 0 Å². The number of para-hydroxylation sites is 3. The lowest BCUT2D eigenvalue weighted by Crippen LogP contribution is -2.10. The van der Waals surface area contributed by atoms with Gasteiger partial charge in [-0.05, 0) is 86.4 Å². The fourth-order valence-electron chi connectivity index (χ4n) is 9.09. The van der Waals surface area contributed by atoms with Crippen LogP contribution in [0.1, 0.15) is 0 Å². The fourth-order valence-corrected chi connectivity index (χ4v) is 9.09. The van der Waals surface area contributed by atoms with E-state index in [0.29, 0.717) is 0 Å². The van der Waals surface area contributed by atoms with Crippen LogP contribution in [0.2, 0.25) is 0 Å². The van der Waals surface area contributed by atoms with E-state index in [1.165, 1.54) is 27.5 Å². The highest BCUT2D eigenvalue weighted by atomic mass is 16.3. The number of rotatable bonds is 6. The Labute approximate surface area is 340 Å². The molecule has 276 valence electrons. The van der Waals surface area contributed by atoms with Gasteiger partial charge in [-0.1, -0.05) is 170 Å². The van der Waals surface area contributed by atoms with E-state index >= 15 is 0 Å². The molecule has 2 aromatic heterocycles. The number of anilines is 3. The Morgan fingerprint density at radius 2 is 0.831 bits per heavy atom. The van der Waals surface area contributed by atoms with E-state index in [1.807, 2.05) is 12.1 Å². The third-order valence-electron chi connectivity index (χ3n) is 11.9. The van der Waals surface area contributed by atoms with Gasteiger partial charge in [0.15, 0.2) is 5.58 Å². The zero-order valence-electron chi connectivity index (χ0n) is 32.0. The molecule has 10 aromatic carbocycles. The first-order valence-electron chi connectivity index (χ1n) is 20.1. The summed E-state index contributed by atoms with van der Waals surface area (Å²) in [6.07, 6.45) is 0. The first-order chi connectivity index (χ1) is 29.3. The molecule has 12 aromatic rings. The van der Waals surface area contributed by atoms with Crippen LogP contribution >= 0.6 is 0 Å². The Morgan fingerprint density at radius 3 is 1.63 bits per heavy atom. The number of fused-ring (bicyclic) bond motifs is 9. The maximum absolute atomic E-state index is 6.92. The summed E-state index contributed by atoms with van der Waals surface area (Å²) in [6.45, 7) is 0. The molecule has 0 bridgehead atoms. The van der Waals surface area contributed by atoms with Crippen molar-refractivity contribution in [3.8, 4) is 33.4 Å². The lowest BCUT2D eigenvalue weighted by molar-refractivity contribution is 0.669. The molecule has 0 aliphatic heterocycles. The maximum atomic E-state index is 6.92. The van der Waals surface area contributed by atoms with Gasteiger partial charge in [0.05, 0.1) is 5.69 Å². The summed E-state index contributed by atoms with van der Waals surface area (Å²) in [7, 11) is 0. The highest BCUT2D eigenvalue weighted by molar-refractivity contribution is 6.21. The number of hydrogen-bond donors (Lipinski definition) is 0. The van der Waals surface area contributed by atoms with Gasteiger partial charge in [-0.15, -0.1) is 0 Å². The van der Waals surface area contributed by atoms with Gasteiger partial charge in [-0.3, -0.25) is 0 Å². The predicted molar refractivity (Wildman–Crippen MR) is 247 cm³/mol. The van der Waals surface area contributed by atoms with Crippen LogP contribution in [0.25, 0.3) is 98.8 Å². The van der Waals surface area contributed by atoms with Crippen molar-refractivity contribution in [2.24, 2.45) is 0 Å². The monoisotopic (exact) mass is 753 g/mol. The Kier molecular flexibility index (Phi) is 7.54. The van der Waals surface area contributed by atoms with Crippen molar-refractivity contribution in [1.29, 1.82) is 0 Å². The third-order valence-corrected chi connectivity index (χ3v) is 11.9. The van der Waals surface area contributed by atoms with Crippen LogP contribution < -0.4 is 4.90 Å². The molecular weight excluding hydrogens is 719 g/mol. The molecule has 0 aliphatic carbocycles. The molecule has 59 heavy (non-hydrogen) atoms.